The Hall–Kier alpha value is -7.56. The van der Waals surface area contributed by atoms with Crippen LogP contribution in [0.25, 0.3) is 11.4 Å². The molecule has 8 rings (SSSR count). The molecule has 0 radical (unpaired) electrons. The van der Waals surface area contributed by atoms with E-state index in [-0.39, 0.29) is 39.6 Å². The van der Waals surface area contributed by atoms with Crippen LogP contribution in [-0.4, -0.2) is 91.2 Å². The zero-order chi connectivity index (χ0) is 59.7. The van der Waals surface area contributed by atoms with Gasteiger partial charge in [-0.05, 0) is 102 Å². The number of hydrogen-bond donors (Lipinski definition) is 8. The summed E-state index contributed by atoms with van der Waals surface area (Å²) in [5.74, 6) is -0.356. The first-order valence-corrected chi connectivity index (χ1v) is 31.6. The lowest BCUT2D eigenvalue weighted by molar-refractivity contribution is 0.101. The highest BCUT2D eigenvalue weighted by molar-refractivity contribution is 7.98. The summed E-state index contributed by atoms with van der Waals surface area (Å²) < 4.78 is 79.9. The fourth-order valence-electron chi connectivity index (χ4n) is 8.60. The number of aromatic nitrogens is 4. The third-order valence-electron chi connectivity index (χ3n) is 12.9. The topological polar surface area (TPSA) is 276 Å². The Morgan fingerprint density at radius 1 is 0.630 bits per heavy atom. The molecule has 0 fully saturated rings. The van der Waals surface area contributed by atoms with Crippen molar-refractivity contribution in [1.29, 1.82) is 0 Å². The summed E-state index contributed by atoms with van der Waals surface area (Å²) in [5.41, 5.74) is 21.9. The molecule has 1 unspecified atom stereocenters. The van der Waals surface area contributed by atoms with E-state index in [0.717, 1.165) is 68.4 Å². The van der Waals surface area contributed by atoms with Crippen LogP contribution < -0.4 is 61.5 Å². The molecule has 2 aliphatic rings. The minimum atomic E-state index is -3.61. The fraction of sp³-hybridized carbons (Fsp3) is 0.333. The van der Waals surface area contributed by atoms with E-state index in [1.54, 1.807) is 95.6 Å². The van der Waals surface area contributed by atoms with Crippen molar-refractivity contribution < 1.29 is 40.1 Å². The largest absolute Gasteiger partial charge is 0.492 e. The highest BCUT2D eigenvalue weighted by atomic mass is 32.2. The second kappa shape index (κ2) is 23.9. The van der Waals surface area contributed by atoms with Crippen molar-refractivity contribution in [3.63, 3.8) is 0 Å². The van der Waals surface area contributed by atoms with Gasteiger partial charge in [0, 0.05) is 31.5 Å². The fourth-order valence-corrected chi connectivity index (χ4v) is 10.9. The standard InChI is InChI=1S/C27H35N7O5S2.C27H35N7O4S2/c1-16-9-10-17(11-22(16)34-15-21(30-32-34)23-14-28-26(33(23)5)40(7)36)25(35)29-19-12-18(27(2,3)4)13-20(24(19)39-6)31-41(8,37)38;1-16-9-10-17(11-22(16)34-15-21(30-32-34)23-14-28-26(39-7)33(23)5)25(35)29-19-12-18(27(2,3)4)13-20(24(19)38-6)31-40(8,36)37/h9-15,30-32H,1-8H3,(H,29,35);9-15,30-32H,1-8H3,(H,29,35). The Morgan fingerprint density at radius 2 is 1.02 bits per heavy atom. The zero-order valence-electron chi connectivity index (χ0n) is 48.1. The molecule has 0 aliphatic carbocycles. The quantitative estimate of drug-likeness (QED) is 0.0437. The first kappa shape index (κ1) is 61.1. The lowest BCUT2D eigenvalue weighted by atomic mass is 9.86. The SMILES string of the molecule is COc1c(NC(=O)c2ccc(C)c(N3C=C(c4cnc(S(C)=O)n4C)NN3)c2)cc(C(C)(C)C)cc1NS(C)(=O)=O.COc1c(NC(=O)c2ccc(C)c(N3C=C(c4cnc(SC)n4C)NN3)c2)cc(C(C)(C)C)cc1NS(C)(=O)=O. The number of nitrogens with one attached hydrogen (secondary N) is 8. The van der Waals surface area contributed by atoms with Crippen molar-refractivity contribution in [2.75, 3.05) is 69.3 Å². The van der Waals surface area contributed by atoms with Crippen LogP contribution in [0.1, 0.15) is 95.9 Å². The van der Waals surface area contributed by atoms with Crippen molar-refractivity contribution in [3.05, 3.63) is 130 Å². The van der Waals surface area contributed by atoms with E-state index in [4.69, 9.17) is 9.47 Å². The summed E-state index contributed by atoms with van der Waals surface area (Å²) in [6.07, 6.45) is 12.9. The van der Waals surface area contributed by atoms with Gasteiger partial charge in [0.25, 0.3) is 11.8 Å². The van der Waals surface area contributed by atoms with Crippen LogP contribution in [0.15, 0.2) is 95.8 Å². The number of carbonyl (C=O) groups excluding carboxylic acids is 2. The summed E-state index contributed by atoms with van der Waals surface area (Å²) in [6.45, 7) is 15.9. The molecule has 23 nitrogen and oxygen atoms in total. The lowest BCUT2D eigenvalue weighted by Gasteiger charge is -2.24. The molecular weight excluding hydrogens is 1120 g/mol. The van der Waals surface area contributed by atoms with E-state index in [9.17, 15) is 30.6 Å². The average molecular weight is 1190 g/mol. The summed E-state index contributed by atoms with van der Waals surface area (Å²) >= 11 is 1.56. The highest BCUT2D eigenvalue weighted by Crippen LogP contribution is 2.41. The number of benzene rings is 4. The minimum absolute atomic E-state index is 0.200. The molecule has 8 N–H and O–H groups in total. The summed E-state index contributed by atoms with van der Waals surface area (Å²) in [7, 11) is -1.84. The van der Waals surface area contributed by atoms with E-state index >= 15 is 0 Å². The van der Waals surface area contributed by atoms with Gasteiger partial charge in [-0.3, -0.25) is 44.1 Å². The number of sulfonamides is 2. The van der Waals surface area contributed by atoms with Gasteiger partial charge in [0.05, 0.1) is 119 Å². The number of hydrazine groups is 4. The van der Waals surface area contributed by atoms with Crippen LogP contribution in [0, 0.1) is 13.8 Å². The van der Waals surface area contributed by atoms with Crippen LogP contribution in [0.5, 0.6) is 11.5 Å². The molecule has 0 saturated carbocycles. The van der Waals surface area contributed by atoms with Gasteiger partial charge in [-0.1, -0.05) is 65.4 Å². The van der Waals surface area contributed by atoms with Crippen LogP contribution in [0.2, 0.25) is 0 Å². The van der Waals surface area contributed by atoms with Crippen molar-refractivity contribution in [2.45, 2.75) is 76.5 Å². The number of thioether (sulfide) groups is 1. The molecule has 2 aliphatic heterocycles. The number of carbonyl (C=O) groups is 2. The van der Waals surface area contributed by atoms with E-state index in [0.29, 0.717) is 33.4 Å². The van der Waals surface area contributed by atoms with Gasteiger partial charge in [0.1, 0.15) is 0 Å². The molecule has 2 aromatic heterocycles. The van der Waals surface area contributed by atoms with Gasteiger partial charge in [-0.15, -0.1) is 11.1 Å². The van der Waals surface area contributed by atoms with Gasteiger partial charge in [-0.2, -0.15) is 0 Å². The van der Waals surface area contributed by atoms with Crippen molar-refractivity contribution >= 4 is 99.9 Å². The number of amides is 2. The normalized spacial score (nSPS) is 14.0. The number of imidazole rings is 2. The predicted octanol–water partition coefficient (Wildman–Crippen LogP) is 7.43. The van der Waals surface area contributed by atoms with Crippen LogP contribution in [0.3, 0.4) is 0 Å². The van der Waals surface area contributed by atoms with Gasteiger partial charge < -0.3 is 29.2 Å². The summed E-state index contributed by atoms with van der Waals surface area (Å²) in [6, 6.07) is 17.7. The van der Waals surface area contributed by atoms with Gasteiger partial charge in [0.2, 0.25) is 20.0 Å². The highest BCUT2D eigenvalue weighted by Gasteiger charge is 2.27. The Balaban J connectivity index is 0.000000234. The third-order valence-corrected chi connectivity index (χ3v) is 15.7. The number of hydrogen-bond acceptors (Lipinski definition) is 18. The smallest absolute Gasteiger partial charge is 0.255 e. The Kier molecular flexibility index (Phi) is 18.0. The minimum Gasteiger partial charge on any atom is -0.492 e. The molecule has 0 bridgehead atoms. The van der Waals surface area contributed by atoms with Crippen molar-refractivity contribution in [1.82, 2.24) is 41.0 Å². The maximum absolute atomic E-state index is 13.5. The molecule has 0 spiro atoms. The Labute approximate surface area is 480 Å². The Bertz CT molecular complexity index is 3750. The van der Waals surface area contributed by atoms with E-state index in [1.807, 2.05) is 103 Å². The lowest BCUT2D eigenvalue weighted by Crippen LogP contribution is -2.36. The van der Waals surface area contributed by atoms with Gasteiger partial charge >= 0.3 is 0 Å². The average Bonchev–Trinajstić information content (AvgIpc) is 4.34. The molecule has 6 aromatic rings. The molecular formula is C54H70N14O9S4. The van der Waals surface area contributed by atoms with E-state index in [1.165, 1.54) is 14.2 Å². The Morgan fingerprint density at radius 3 is 1.37 bits per heavy atom. The molecule has 81 heavy (non-hydrogen) atoms. The second-order valence-electron chi connectivity index (χ2n) is 21.3. The van der Waals surface area contributed by atoms with Crippen molar-refractivity contribution in [3.8, 4) is 11.5 Å². The molecule has 2 amide bonds. The van der Waals surface area contributed by atoms with Crippen LogP contribution in [0.4, 0.5) is 34.1 Å². The molecule has 1 atom stereocenters. The van der Waals surface area contributed by atoms with Crippen molar-refractivity contribution in [2.24, 2.45) is 14.1 Å². The third kappa shape index (κ3) is 14.3. The molecule has 434 valence electrons. The molecule has 27 heteroatoms. The first-order chi connectivity index (χ1) is 37.8. The number of methoxy groups -OCH3 is 2. The number of aryl methyl sites for hydroxylation is 2. The summed E-state index contributed by atoms with van der Waals surface area (Å²) in [5, 5.41) is 10.7. The number of nitrogens with zero attached hydrogens (tertiary/aromatic N) is 6. The van der Waals surface area contributed by atoms with E-state index in [2.05, 4.69) is 52.0 Å². The zero-order valence-corrected chi connectivity index (χ0v) is 51.3. The van der Waals surface area contributed by atoms with Crippen LogP contribution in [-0.2, 0) is 55.8 Å². The number of rotatable bonds is 16. The molecule has 4 aromatic carbocycles. The molecule has 4 heterocycles. The van der Waals surface area contributed by atoms with Gasteiger partial charge in [-0.25, -0.2) is 26.8 Å². The second-order valence-corrected chi connectivity index (χ2v) is 26.8. The van der Waals surface area contributed by atoms with Gasteiger partial charge in [0.15, 0.2) is 21.8 Å². The summed E-state index contributed by atoms with van der Waals surface area (Å²) in [4.78, 5) is 35.7. The predicted molar refractivity (Wildman–Crippen MR) is 323 cm³/mol. The monoisotopic (exact) mass is 1190 g/mol. The maximum atomic E-state index is 13.5. The number of anilines is 6. The van der Waals surface area contributed by atoms with E-state index < -0.39 is 36.8 Å². The number of ether oxygens (including phenoxy) is 2. The molecule has 0 saturated heterocycles. The maximum Gasteiger partial charge on any atom is 0.255 e. The first-order valence-electron chi connectivity index (χ1n) is 25.0. The van der Waals surface area contributed by atoms with Crippen LogP contribution >= 0.6 is 11.8 Å².